The van der Waals surface area contributed by atoms with E-state index in [0.29, 0.717) is 0 Å². The molecule has 0 aliphatic rings. The molecule has 0 radical (unpaired) electrons. The summed E-state index contributed by atoms with van der Waals surface area (Å²) in [6.45, 7) is 3.76. The Bertz CT molecular complexity index is 416. The lowest BCUT2D eigenvalue weighted by atomic mass is 10.3. The first kappa shape index (κ1) is 15.0. The van der Waals surface area contributed by atoms with Crippen LogP contribution in [0.1, 0.15) is 13.8 Å². The maximum absolute atomic E-state index is 12.0. The highest BCUT2D eigenvalue weighted by atomic mass is 31.2. The van der Waals surface area contributed by atoms with Crippen LogP contribution in [-0.2, 0) is 14.0 Å². The fourth-order valence-corrected chi connectivity index (χ4v) is 2.44. The lowest BCUT2D eigenvalue weighted by molar-refractivity contribution is -0.0926. The molecule has 0 saturated heterocycles. The fourth-order valence-electron chi connectivity index (χ4n) is 1.24. The van der Waals surface area contributed by atoms with Gasteiger partial charge in [0.15, 0.2) is 11.5 Å². The van der Waals surface area contributed by atoms with Gasteiger partial charge >= 0.3 is 7.60 Å². The second-order valence-electron chi connectivity index (χ2n) is 3.34. The quantitative estimate of drug-likeness (QED) is 0.587. The van der Waals surface area contributed by atoms with Gasteiger partial charge in [-0.3, -0.25) is 0 Å². The Kier molecular flexibility index (Phi) is 5.62. The van der Waals surface area contributed by atoms with Crippen LogP contribution in [-0.4, -0.2) is 29.2 Å². The van der Waals surface area contributed by atoms with Gasteiger partial charge in [0, 0.05) is 13.2 Å². The van der Waals surface area contributed by atoms with Crippen molar-refractivity contribution < 1.29 is 28.6 Å². The van der Waals surface area contributed by atoms with Crippen LogP contribution in [0.5, 0.6) is 11.5 Å². The predicted molar refractivity (Wildman–Crippen MR) is 65.6 cm³/mol. The third-order valence-electron chi connectivity index (χ3n) is 1.98. The van der Waals surface area contributed by atoms with Crippen LogP contribution in [0.2, 0.25) is 0 Å². The zero-order chi connectivity index (χ0) is 13.6. The van der Waals surface area contributed by atoms with E-state index < -0.39 is 13.6 Å². The molecule has 102 valence electrons. The normalized spacial score (nSPS) is 14.4. The van der Waals surface area contributed by atoms with E-state index in [1.807, 2.05) is 0 Å². The number of hydrogen-bond acceptors (Lipinski definition) is 5. The molecule has 6 nitrogen and oxygen atoms in total. The van der Waals surface area contributed by atoms with E-state index in [4.69, 9.17) is 14.0 Å². The van der Waals surface area contributed by atoms with Crippen molar-refractivity contribution in [3.05, 3.63) is 24.3 Å². The summed E-state index contributed by atoms with van der Waals surface area (Å²) in [5.41, 5.74) is 0. The van der Waals surface area contributed by atoms with Crippen molar-refractivity contribution in [2.45, 2.75) is 19.9 Å². The zero-order valence-corrected chi connectivity index (χ0v) is 11.2. The molecule has 0 saturated carbocycles. The van der Waals surface area contributed by atoms with Crippen LogP contribution in [0.15, 0.2) is 24.3 Å². The Morgan fingerprint density at radius 1 is 1.22 bits per heavy atom. The van der Waals surface area contributed by atoms with Crippen LogP contribution in [0.3, 0.4) is 0 Å². The molecule has 2 N–H and O–H groups in total. The minimum absolute atomic E-state index is 0.0901. The smallest absolute Gasteiger partial charge is 0.432 e. The Labute approximate surface area is 106 Å². The molecule has 1 aromatic carbocycles. The number of rotatable bonds is 7. The van der Waals surface area contributed by atoms with Gasteiger partial charge in [-0.25, -0.2) is 4.57 Å². The maximum Gasteiger partial charge on any atom is 0.432 e. The third kappa shape index (κ3) is 3.99. The zero-order valence-electron chi connectivity index (χ0n) is 10.3. The maximum atomic E-state index is 12.0. The molecule has 1 rings (SSSR count). The highest BCUT2D eigenvalue weighted by Gasteiger charge is 2.36. The monoisotopic (exact) mass is 276 g/mol. The van der Waals surface area contributed by atoms with Gasteiger partial charge in [-0.05, 0) is 26.0 Å². The van der Waals surface area contributed by atoms with E-state index in [-0.39, 0.29) is 24.7 Å². The minimum atomic E-state index is -4.19. The Hall–Kier alpha value is -1.07. The molecule has 0 heterocycles. The second kappa shape index (κ2) is 6.75. The van der Waals surface area contributed by atoms with Crippen LogP contribution in [0.25, 0.3) is 0 Å². The SMILES string of the molecule is CCOC(OCC)P(=O)(O)Oc1ccccc1O. The van der Waals surface area contributed by atoms with Crippen molar-refractivity contribution in [2.24, 2.45) is 0 Å². The highest BCUT2D eigenvalue weighted by molar-refractivity contribution is 7.53. The molecule has 7 heteroatoms. The molecule has 0 bridgehead atoms. The molecule has 0 aliphatic carbocycles. The van der Waals surface area contributed by atoms with Crippen LogP contribution in [0.4, 0.5) is 0 Å². The molecule has 18 heavy (non-hydrogen) atoms. The Balaban J connectivity index is 2.85. The first-order valence-electron chi connectivity index (χ1n) is 5.54. The topological polar surface area (TPSA) is 85.2 Å². The van der Waals surface area contributed by atoms with Crippen LogP contribution >= 0.6 is 7.60 Å². The fraction of sp³-hybridized carbons (Fsp3) is 0.455. The van der Waals surface area contributed by atoms with Gasteiger partial charge in [0.2, 0.25) is 0 Å². The first-order valence-corrected chi connectivity index (χ1v) is 7.19. The Morgan fingerprint density at radius 2 is 1.78 bits per heavy atom. The van der Waals surface area contributed by atoms with Gasteiger partial charge < -0.3 is 24.0 Å². The summed E-state index contributed by atoms with van der Waals surface area (Å²) in [5, 5.41) is 9.48. The number of para-hydroxylation sites is 2. The molecular formula is C11H17O6P. The number of hydrogen-bond donors (Lipinski definition) is 2. The number of aromatic hydroxyl groups is 1. The van der Waals surface area contributed by atoms with Crippen LogP contribution in [0, 0.1) is 0 Å². The third-order valence-corrected chi connectivity index (χ3v) is 3.27. The van der Waals surface area contributed by atoms with E-state index in [1.165, 1.54) is 12.1 Å². The van der Waals surface area contributed by atoms with E-state index in [1.54, 1.807) is 26.0 Å². The molecule has 0 aromatic heterocycles. The number of benzene rings is 1. The summed E-state index contributed by atoms with van der Waals surface area (Å²) in [6, 6.07) is 4.52. The summed E-state index contributed by atoms with van der Waals surface area (Å²) in [6.07, 6.45) is 0. The van der Waals surface area contributed by atoms with Crippen molar-refractivity contribution in [1.82, 2.24) is 0 Å². The van der Waals surface area contributed by atoms with Crippen molar-refractivity contribution in [1.29, 1.82) is 0 Å². The van der Waals surface area contributed by atoms with Gasteiger partial charge in [0.25, 0.3) is 6.03 Å². The largest absolute Gasteiger partial charge is 0.504 e. The van der Waals surface area contributed by atoms with E-state index in [0.717, 1.165) is 0 Å². The van der Waals surface area contributed by atoms with Crippen molar-refractivity contribution in [2.75, 3.05) is 13.2 Å². The number of ether oxygens (including phenoxy) is 2. The number of phenols is 1. The summed E-state index contributed by atoms with van der Waals surface area (Å²) in [5.74, 6) is -0.314. The standard InChI is InChI=1S/C11H17O6P/c1-3-15-11(16-4-2)18(13,14)17-10-8-6-5-7-9(10)12/h5-8,11-12H,3-4H2,1-2H3,(H,13,14). The van der Waals surface area contributed by atoms with E-state index >= 15 is 0 Å². The van der Waals surface area contributed by atoms with Gasteiger partial charge in [-0.15, -0.1) is 0 Å². The van der Waals surface area contributed by atoms with E-state index in [9.17, 15) is 14.6 Å². The van der Waals surface area contributed by atoms with Crippen LogP contribution < -0.4 is 4.52 Å². The van der Waals surface area contributed by atoms with Crippen molar-refractivity contribution in [3.8, 4) is 11.5 Å². The molecule has 0 fully saturated rings. The Morgan fingerprint density at radius 3 is 2.28 bits per heavy atom. The lowest BCUT2D eigenvalue weighted by Crippen LogP contribution is -2.20. The van der Waals surface area contributed by atoms with Gasteiger partial charge in [0.05, 0.1) is 0 Å². The summed E-state index contributed by atoms with van der Waals surface area (Å²) >= 11 is 0. The summed E-state index contributed by atoms with van der Waals surface area (Å²) in [7, 11) is -4.19. The number of phenolic OH excluding ortho intramolecular Hbond substituents is 1. The average molecular weight is 276 g/mol. The van der Waals surface area contributed by atoms with Gasteiger partial charge in [-0.2, -0.15) is 0 Å². The minimum Gasteiger partial charge on any atom is -0.504 e. The molecule has 1 aromatic rings. The van der Waals surface area contributed by atoms with Crippen molar-refractivity contribution >= 4 is 7.60 Å². The van der Waals surface area contributed by atoms with E-state index in [2.05, 4.69) is 0 Å². The molecule has 1 unspecified atom stereocenters. The lowest BCUT2D eigenvalue weighted by Gasteiger charge is -2.22. The summed E-state index contributed by atoms with van der Waals surface area (Å²) < 4.78 is 26.9. The molecular weight excluding hydrogens is 259 g/mol. The first-order chi connectivity index (χ1) is 8.51. The molecule has 0 spiro atoms. The molecule has 0 aliphatic heterocycles. The predicted octanol–water partition coefficient (Wildman–Crippen LogP) is 2.31. The molecule has 0 amide bonds. The van der Waals surface area contributed by atoms with Gasteiger partial charge in [-0.1, -0.05) is 12.1 Å². The highest BCUT2D eigenvalue weighted by Crippen LogP contribution is 2.50. The van der Waals surface area contributed by atoms with Gasteiger partial charge in [0.1, 0.15) is 0 Å². The second-order valence-corrected chi connectivity index (χ2v) is 5.07. The van der Waals surface area contributed by atoms with Crippen molar-refractivity contribution in [3.63, 3.8) is 0 Å². The summed E-state index contributed by atoms with van der Waals surface area (Å²) in [4.78, 5) is 9.79. The average Bonchev–Trinajstić information content (AvgIpc) is 2.32. The molecule has 1 atom stereocenters.